The number of amides is 1. The number of aryl methyl sites for hydroxylation is 1. The molecule has 1 N–H and O–H groups in total. The fourth-order valence-corrected chi connectivity index (χ4v) is 2.88. The van der Waals surface area contributed by atoms with E-state index in [1.54, 1.807) is 24.4 Å². The Balaban J connectivity index is 1.69. The predicted octanol–water partition coefficient (Wildman–Crippen LogP) is 2.94. The molecule has 3 heterocycles. The number of carbonyl (C=O) groups excluding carboxylic acids is 1. The molecule has 7 heteroatoms. The highest BCUT2D eigenvalue weighted by Gasteiger charge is 2.43. The summed E-state index contributed by atoms with van der Waals surface area (Å²) in [7, 11) is -0.814. The maximum atomic E-state index is 13.0. The lowest BCUT2D eigenvalue weighted by atomic mass is 10.2. The van der Waals surface area contributed by atoms with E-state index in [-0.39, 0.29) is 18.2 Å². The van der Waals surface area contributed by atoms with Gasteiger partial charge in [-0.1, -0.05) is 0 Å². The van der Waals surface area contributed by atoms with Crippen molar-refractivity contribution in [3.8, 4) is 17.1 Å². The van der Waals surface area contributed by atoms with Gasteiger partial charge in [-0.05, 0) is 30.7 Å². The molecule has 25 heavy (non-hydrogen) atoms. The van der Waals surface area contributed by atoms with E-state index in [0.29, 0.717) is 17.1 Å². The molecular formula is C18H17FN4O2. The van der Waals surface area contributed by atoms with E-state index in [2.05, 4.69) is 15.3 Å². The van der Waals surface area contributed by atoms with Gasteiger partial charge in [0.05, 0.1) is 40.0 Å². The van der Waals surface area contributed by atoms with Crippen molar-refractivity contribution < 1.29 is 18.0 Å². The molecule has 3 aromatic heterocycles. The number of nitrogens with zero attached hydrogens (tertiary/aromatic N) is 3. The Morgan fingerprint density at radius 2 is 2.32 bits per heavy atom. The lowest BCUT2D eigenvalue weighted by Crippen LogP contribution is -2.15. The first-order chi connectivity index (χ1) is 13.2. The lowest BCUT2D eigenvalue weighted by molar-refractivity contribution is -0.117. The molecule has 1 saturated carbocycles. The van der Waals surface area contributed by atoms with Crippen molar-refractivity contribution >= 4 is 22.6 Å². The minimum Gasteiger partial charge on any atom is -0.481 e. The highest BCUT2D eigenvalue weighted by atomic mass is 19.1. The zero-order valence-corrected chi connectivity index (χ0v) is 13.4. The lowest BCUT2D eigenvalue weighted by Gasteiger charge is -2.08. The maximum Gasteiger partial charge on any atom is 0.231 e. The Bertz CT molecular complexity index is 1070. The molecule has 4 rings (SSSR count). The number of methoxy groups -OCH3 is 1. The van der Waals surface area contributed by atoms with Gasteiger partial charge in [0.25, 0.3) is 0 Å². The molecule has 0 unspecified atom stereocenters. The van der Waals surface area contributed by atoms with E-state index in [9.17, 15) is 9.18 Å². The van der Waals surface area contributed by atoms with Crippen LogP contribution in [0.2, 0.25) is 0 Å². The van der Waals surface area contributed by atoms with Crippen molar-refractivity contribution in [2.45, 2.75) is 12.6 Å². The summed E-state index contributed by atoms with van der Waals surface area (Å²) in [6, 6.07) is 6.91. The molecule has 6 nitrogen and oxygen atoms in total. The third-order valence-electron chi connectivity index (χ3n) is 4.37. The summed E-state index contributed by atoms with van der Waals surface area (Å²) in [6.45, 7) is 0. The van der Waals surface area contributed by atoms with E-state index in [4.69, 9.17) is 8.85 Å². The minimum absolute atomic E-state index is 0.00221. The Morgan fingerprint density at radius 3 is 3.08 bits per heavy atom. The molecule has 1 amide bonds. The van der Waals surface area contributed by atoms with Crippen LogP contribution < -0.4 is 10.1 Å². The number of rotatable bonds is 4. The second kappa shape index (κ2) is 5.84. The average molecular weight is 343 g/mol. The van der Waals surface area contributed by atoms with E-state index < -0.39 is 19.1 Å². The number of nitrogens with one attached hydrogen (secondary N) is 1. The highest BCUT2D eigenvalue weighted by molar-refractivity contribution is 5.96. The topological polar surface area (TPSA) is 69.0 Å². The number of alkyl halides is 1. The summed E-state index contributed by atoms with van der Waals surface area (Å²) < 4.78 is 41.9. The van der Waals surface area contributed by atoms with Gasteiger partial charge < -0.3 is 14.6 Å². The largest absolute Gasteiger partial charge is 0.481 e. The molecule has 128 valence electrons. The third kappa shape index (κ3) is 2.71. The number of pyridine rings is 2. The van der Waals surface area contributed by atoms with Crippen LogP contribution in [0.25, 0.3) is 22.2 Å². The maximum absolute atomic E-state index is 13.0. The number of fused-ring (bicyclic) bond motifs is 1. The Hall–Kier alpha value is -2.96. The van der Waals surface area contributed by atoms with Gasteiger partial charge in [0.15, 0.2) is 0 Å². The Morgan fingerprint density at radius 1 is 1.48 bits per heavy atom. The van der Waals surface area contributed by atoms with Crippen LogP contribution >= 0.6 is 0 Å². The van der Waals surface area contributed by atoms with Crippen LogP contribution in [0.4, 0.5) is 10.2 Å². The fourth-order valence-electron chi connectivity index (χ4n) is 2.88. The zero-order chi connectivity index (χ0) is 20.1. The van der Waals surface area contributed by atoms with Gasteiger partial charge in [-0.2, -0.15) is 0 Å². The van der Waals surface area contributed by atoms with Crippen LogP contribution in [0.1, 0.15) is 10.5 Å². The normalized spacial score (nSPS) is 21.3. The molecule has 0 radical (unpaired) electrons. The van der Waals surface area contributed by atoms with Gasteiger partial charge in [0, 0.05) is 18.6 Å². The first kappa shape index (κ1) is 12.4. The quantitative estimate of drug-likeness (QED) is 0.791. The summed E-state index contributed by atoms with van der Waals surface area (Å²) >= 11 is 0. The molecule has 2 atom stereocenters. The predicted molar refractivity (Wildman–Crippen MR) is 92.1 cm³/mol. The van der Waals surface area contributed by atoms with Crippen molar-refractivity contribution in [3.05, 3.63) is 36.7 Å². The van der Waals surface area contributed by atoms with E-state index in [1.165, 1.54) is 6.20 Å². The van der Waals surface area contributed by atoms with Gasteiger partial charge in [-0.25, -0.2) is 14.4 Å². The average Bonchev–Trinajstić information content (AvgIpc) is 3.27. The van der Waals surface area contributed by atoms with Crippen molar-refractivity contribution in [2.75, 3.05) is 12.4 Å². The molecule has 1 fully saturated rings. The molecule has 0 aliphatic heterocycles. The number of aromatic nitrogens is 3. The van der Waals surface area contributed by atoms with Gasteiger partial charge in [0.2, 0.25) is 11.8 Å². The van der Waals surface area contributed by atoms with Crippen molar-refractivity contribution in [3.63, 3.8) is 0 Å². The van der Waals surface area contributed by atoms with Gasteiger partial charge in [0.1, 0.15) is 12.0 Å². The SMILES string of the molecule is [2H]C([2H])([2H])Oc1ncccc1-c1cc2cc(NC(=O)[C@@H]3C[C@@H]3F)ncc2n1C. The van der Waals surface area contributed by atoms with E-state index >= 15 is 0 Å². The summed E-state index contributed by atoms with van der Waals surface area (Å²) in [5, 5.41) is 3.40. The second-order valence-corrected chi connectivity index (χ2v) is 6.02. The summed E-state index contributed by atoms with van der Waals surface area (Å²) in [4.78, 5) is 20.2. The second-order valence-electron chi connectivity index (χ2n) is 6.02. The first-order valence-electron chi connectivity index (χ1n) is 9.28. The third-order valence-corrected chi connectivity index (χ3v) is 4.37. The van der Waals surface area contributed by atoms with Gasteiger partial charge in [-0.3, -0.25) is 4.79 Å². The van der Waals surface area contributed by atoms with Crippen LogP contribution in [0.5, 0.6) is 5.88 Å². The molecule has 0 saturated heterocycles. The number of anilines is 1. The number of carbonyl (C=O) groups is 1. The van der Waals surface area contributed by atoms with Crippen molar-refractivity contribution in [2.24, 2.45) is 13.0 Å². The van der Waals surface area contributed by atoms with E-state index in [1.807, 2.05) is 17.7 Å². The first-order valence-corrected chi connectivity index (χ1v) is 7.78. The molecule has 3 aromatic rings. The van der Waals surface area contributed by atoms with Crippen molar-refractivity contribution in [1.82, 2.24) is 14.5 Å². The van der Waals surface area contributed by atoms with Gasteiger partial charge >= 0.3 is 0 Å². The number of hydrogen-bond acceptors (Lipinski definition) is 4. The van der Waals surface area contributed by atoms with Crippen LogP contribution in [-0.2, 0) is 11.8 Å². The monoisotopic (exact) mass is 343 g/mol. The zero-order valence-electron chi connectivity index (χ0n) is 16.4. The summed E-state index contributed by atoms with van der Waals surface area (Å²) in [5.41, 5.74) is 1.96. The standard InChI is InChI=1S/C18H17FN4O2/c1-23-14(11-4-3-5-20-18(11)25-2)6-10-7-16(21-9-15(10)23)22-17(24)12-8-13(12)19/h3-7,9,12-13H,8H2,1-2H3,(H,21,22,24)/t12-,13+/m1/s1/i2D3. The van der Waals surface area contributed by atoms with Gasteiger partial charge in [-0.15, -0.1) is 0 Å². The number of ether oxygens (including phenoxy) is 1. The van der Waals surface area contributed by atoms with Crippen LogP contribution in [0, 0.1) is 5.92 Å². The van der Waals surface area contributed by atoms with E-state index in [0.717, 1.165) is 10.9 Å². The minimum atomic E-state index is -2.62. The number of hydrogen-bond donors (Lipinski definition) is 1. The van der Waals surface area contributed by atoms with Crippen LogP contribution in [-0.4, -0.2) is 33.7 Å². The molecule has 0 bridgehead atoms. The fraction of sp³-hybridized carbons (Fsp3) is 0.278. The van der Waals surface area contributed by atoms with Crippen LogP contribution in [0.3, 0.4) is 0 Å². The highest BCUT2D eigenvalue weighted by Crippen LogP contribution is 2.35. The molecule has 0 spiro atoms. The summed E-state index contributed by atoms with van der Waals surface area (Å²) in [6.07, 6.45) is 2.22. The Labute approximate surface area is 147 Å². The molecule has 1 aliphatic carbocycles. The molecule has 1 aliphatic rings. The summed E-state index contributed by atoms with van der Waals surface area (Å²) in [5.74, 6) is -0.647. The van der Waals surface area contributed by atoms with Crippen molar-refractivity contribution in [1.29, 1.82) is 0 Å². The molecular weight excluding hydrogens is 323 g/mol. The molecule has 0 aromatic carbocycles. The Kier molecular flexibility index (Phi) is 2.90. The smallest absolute Gasteiger partial charge is 0.231 e. The number of halogens is 1. The van der Waals surface area contributed by atoms with Crippen LogP contribution in [0.15, 0.2) is 36.7 Å².